The number of carbonyl (C=O) groups excluding carboxylic acids is 2. The van der Waals surface area contributed by atoms with Crippen molar-refractivity contribution in [2.45, 2.75) is 218 Å². The number of allylic oxidation sites excluding steroid dienone is 6. The van der Waals surface area contributed by atoms with E-state index in [2.05, 4.69) is 50.3 Å². The molecule has 0 amide bonds. The molecule has 0 aromatic rings. The Bertz CT molecular complexity index is 996. The molecule has 1 aliphatic heterocycles. The molecule has 6 atom stereocenters. The molecule has 0 spiro atoms. The summed E-state index contributed by atoms with van der Waals surface area (Å²) in [6.45, 7) is 3.36. The van der Waals surface area contributed by atoms with Gasteiger partial charge in [-0.3, -0.25) is 9.59 Å². The van der Waals surface area contributed by atoms with E-state index in [0.29, 0.717) is 12.8 Å². The highest BCUT2D eigenvalue weighted by molar-refractivity contribution is 5.70. The Morgan fingerprint density at radius 1 is 0.564 bits per heavy atom. The molecule has 1 rings (SSSR count). The van der Waals surface area contributed by atoms with Gasteiger partial charge in [-0.2, -0.15) is 0 Å². The lowest BCUT2D eigenvalue weighted by Crippen LogP contribution is -2.59. The van der Waals surface area contributed by atoms with Gasteiger partial charge in [-0.1, -0.05) is 134 Å². The van der Waals surface area contributed by atoms with Crippen LogP contribution in [0.5, 0.6) is 0 Å². The molecule has 0 saturated carbocycles. The minimum Gasteiger partial charge on any atom is -0.462 e. The zero-order valence-corrected chi connectivity index (χ0v) is 34.7. The van der Waals surface area contributed by atoms with Gasteiger partial charge in [-0.25, -0.2) is 0 Å². The molecule has 55 heavy (non-hydrogen) atoms. The van der Waals surface area contributed by atoms with Crippen LogP contribution in [-0.2, 0) is 28.5 Å². The number of hydrogen-bond donors (Lipinski definition) is 4. The monoisotopic (exact) mass is 781 g/mol. The predicted octanol–water partition coefficient (Wildman–Crippen LogP) is 9.11. The van der Waals surface area contributed by atoms with Crippen LogP contribution in [0.1, 0.15) is 181 Å². The van der Waals surface area contributed by atoms with E-state index in [1.54, 1.807) is 0 Å². The van der Waals surface area contributed by atoms with Gasteiger partial charge in [0, 0.05) is 12.8 Å². The Labute approximate surface area is 334 Å². The van der Waals surface area contributed by atoms with E-state index in [1.165, 1.54) is 77.0 Å². The van der Waals surface area contributed by atoms with Crippen LogP contribution in [0.15, 0.2) is 36.5 Å². The topological polar surface area (TPSA) is 152 Å². The molecular formula is C45H80O10. The summed E-state index contributed by atoms with van der Waals surface area (Å²) in [5.41, 5.74) is 0. The molecule has 2 unspecified atom stereocenters. The number of aliphatic hydroxyl groups is 4. The first kappa shape index (κ1) is 50.9. The maximum atomic E-state index is 12.7. The molecule has 1 fully saturated rings. The molecule has 10 heteroatoms. The van der Waals surface area contributed by atoms with Gasteiger partial charge >= 0.3 is 11.9 Å². The summed E-state index contributed by atoms with van der Waals surface area (Å²) in [6.07, 6.45) is 32.9. The van der Waals surface area contributed by atoms with Crippen molar-refractivity contribution in [1.82, 2.24) is 0 Å². The summed E-state index contributed by atoms with van der Waals surface area (Å²) in [5.74, 6) is -0.854. The molecule has 0 aromatic heterocycles. The summed E-state index contributed by atoms with van der Waals surface area (Å²) in [6, 6.07) is 0. The smallest absolute Gasteiger partial charge is 0.306 e. The lowest BCUT2D eigenvalue weighted by Gasteiger charge is -2.39. The average Bonchev–Trinajstić information content (AvgIpc) is 3.18. The number of ether oxygens (including phenoxy) is 4. The predicted molar refractivity (Wildman–Crippen MR) is 219 cm³/mol. The quantitative estimate of drug-likeness (QED) is 0.0275. The Morgan fingerprint density at radius 3 is 1.56 bits per heavy atom. The van der Waals surface area contributed by atoms with Crippen LogP contribution in [0.2, 0.25) is 0 Å². The van der Waals surface area contributed by atoms with Crippen molar-refractivity contribution in [3.63, 3.8) is 0 Å². The van der Waals surface area contributed by atoms with Crippen molar-refractivity contribution in [2.24, 2.45) is 0 Å². The van der Waals surface area contributed by atoms with Crippen molar-refractivity contribution in [3.8, 4) is 0 Å². The summed E-state index contributed by atoms with van der Waals surface area (Å²) >= 11 is 0. The number of aliphatic hydroxyl groups excluding tert-OH is 4. The number of hydrogen-bond acceptors (Lipinski definition) is 10. The minimum absolute atomic E-state index is 0.213. The fourth-order valence-corrected chi connectivity index (χ4v) is 6.45. The van der Waals surface area contributed by atoms with E-state index in [1.807, 2.05) is 0 Å². The van der Waals surface area contributed by atoms with Crippen molar-refractivity contribution in [3.05, 3.63) is 36.5 Å². The molecule has 1 saturated heterocycles. The highest BCUT2D eigenvalue weighted by Gasteiger charge is 2.44. The molecular weight excluding hydrogens is 700 g/mol. The van der Waals surface area contributed by atoms with E-state index in [-0.39, 0.29) is 26.1 Å². The van der Waals surface area contributed by atoms with Crippen LogP contribution in [0.4, 0.5) is 0 Å². The molecule has 0 radical (unpaired) electrons. The third-order valence-electron chi connectivity index (χ3n) is 10.00. The fraction of sp³-hybridized carbons (Fsp3) is 0.822. The summed E-state index contributed by atoms with van der Waals surface area (Å²) in [7, 11) is 0. The van der Waals surface area contributed by atoms with Gasteiger partial charge in [-0.05, 0) is 70.6 Å². The second-order valence-corrected chi connectivity index (χ2v) is 15.1. The van der Waals surface area contributed by atoms with Crippen LogP contribution < -0.4 is 0 Å². The van der Waals surface area contributed by atoms with Gasteiger partial charge in [0.25, 0.3) is 0 Å². The highest BCUT2D eigenvalue weighted by Crippen LogP contribution is 2.22. The summed E-state index contributed by atoms with van der Waals surface area (Å²) in [5, 5.41) is 40.0. The summed E-state index contributed by atoms with van der Waals surface area (Å²) < 4.78 is 22.1. The fourth-order valence-electron chi connectivity index (χ4n) is 6.45. The van der Waals surface area contributed by atoms with E-state index < -0.39 is 55.4 Å². The maximum Gasteiger partial charge on any atom is 0.306 e. The number of esters is 2. The lowest BCUT2D eigenvalue weighted by atomic mass is 9.99. The van der Waals surface area contributed by atoms with Crippen molar-refractivity contribution < 1.29 is 49.0 Å². The zero-order valence-electron chi connectivity index (χ0n) is 34.7. The van der Waals surface area contributed by atoms with Crippen LogP contribution in [0.25, 0.3) is 0 Å². The molecule has 0 bridgehead atoms. The van der Waals surface area contributed by atoms with E-state index in [0.717, 1.165) is 64.2 Å². The highest BCUT2D eigenvalue weighted by atomic mass is 16.7. The second kappa shape index (κ2) is 36.3. The Hall–Kier alpha value is -2.08. The standard InChI is InChI=1S/C45H80O10/c1-3-5-7-9-11-13-15-17-19-21-23-25-27-29-31-33-40(47)52-36-38(37-53-45-44(51)43(50)42(49)39(35-46)55-45)54-41(48)34-32-30-28-26-24-22-20-18-16-14-12-10-8-6-4-2/h17-20,23,25,38-39,42-46,49-51H,3-16,21-22,24,26-37H2,1-2H3/b19-17+,20-18+,25-23+/t38-,39-,42+,43?,44?,45-/m0/s1. The first-order chi connectivity index (χ1) is 26.8. The van der Waals surface area contributed by atoms with Crippen molar-refractivity contribution in [2.75, 3.05) is 19.8 Å². The minimum atomic E-state index is -1.60. The Balaban J connectivity index is 2.38. The molecule has 10 nitrogen and oxygen atoms in total. The molecule has 1 aliphatic rings. The Morgan fingerprint density at radius 2 is 1.02 bits per heavy atom. The molecule has 0 aliphatic carbocycles. The third-order valence-corrected chi connectivity index (χ3v) is 10.00. The van der Waals surface area contributed by atoms with Gasteiger partial charge in [0.2, 0.25) is 0 Å². The average molecular weight is 781 g/mol. The van der Waals surface area contributed by atoms with Gasteiger partial charge in [-0.15, -0.1) is 0 Å². The number of carbonyl (C=O) groups is 2. The van der Waals surface area contributed by atoms with Crippen LogP contribution >= 0.6 is 0 Å². The zero-order chi connectivity index (χ0) is 40.2. The van der Waals surface area contributed by atoms with Crippen LogP contribution in [0, 0.1) is 0 Å². The molecule has 320 valence electrons. The number of rotatable bonds is 36. The Kier molecular flexibility index (Phi) is 33.6. The SMILES string of the molecule is CCCCCCCC/C=C/C/C=C/CCCCC(=O)OC[C@@H](CO[C@H]1O[C@@H](CO)[C@@H](O)C(O)C1O)OC(=O)CCCCCCC/C=C/CCCCCCCC. The summed E-state index contributed by atoms with van der Waals surface area (Å²) in [4.78, 5) is 25.3. The van der Waals surface area contributed by atoms with E-state index >= 15 is 0 Å². The first-order valence-corrected chi connectivity index (χ1v) is 22.1. The second-order valence-electron chi connectivity index (χ2n) is 15.1. The van der Waals surface area contributed by atoms with E-state index in [4.69, 9.17) is 18.9 Å². The lowest BCUT2D eigenvalue weighted by molar-refractivity contribution is -0.305. The van der Waals surface area contributed by atoms with Crippen LogP contribution in [0.3, 0.4) is 0 Å². The van der Waals surface area contributed by atoms with Crippen molar-refractivity contribution >= 4 is 11.9 Å². The van der Waals surface area contributed by atoms with Crippen LogP contribution in [-0.4, -0.2) is 89.0 Å². The largest absolute Gasteiger partial charge is 0.462 e. The first-order valence-electron chi connectivity index (χ1n) is 22.1. The van der Waals surface area contributed by atoms with Gasteiger partial charge in [0.15, 0.2) is 12.4 Å². The molecule has 4 N–H and O–H groups in total. The van der Waals surface area contributed by atoms with Gasteiger partial charge in [0.1, 0.15) is 31.0 Å². The van der Waals surface area contributed by atoms with Gasteiger partial charge in [0.05, 0.1) is 13.2 Å². The molecule has 0 aromatic carbocycles. The maximum absolute atomic E-state index is 12.7. The van der Waals surface area contributed by atoms with Gasteiger partial charge < -0.3 is 39.4 Å². The number of unbranched alkanes of at least 4 members (excludes halogenated alkanes) is 19. The molecule has 1 heterocycles. The van der Waals surface area contributed by atoms with E-state index in [9.17, 15) is 30.0 Å². The normalized spacial score (nSPS) is 20.9. The third kappa shape index (κ3) is 28.0. The van der Waals surface area contributed by atoms with Crippen molar-refractivity contribution in [1.29, 1.82) is 0 Å².